The molecule has 2 saturated heterocycles. The van der Waals surface area contributed by atoms with Crippen molar-refractivity contribution >= 4 is 29.1 Å². The summed E-state index contributed by atoms with van der Waals surface area (Å²) in [6, 6.07) is 6.74. The molecule has 2 amide bonds. The van der Waals surface area contributed by atoms with E-state index in [1.807, 2.05) is 19.1 Å². The van der Waals surface area contributed by atoms with Crippen LogP contribution < -0.4 is 4.90 Å². The van der Waals surface area contributed by atoms with Crippen molar-refractivity contribution in [3.8, 4) is 0 Å². The summed E-state index contributed by atoms with van der Waals surface area (Å²) in [5.74, 6) is -1.18. The molecule has 1 aromatic carbocycles. The number of hydrogen-bond acceptors (Lipinski definition) is 3. The number of halogens is 1. The first-order chi connectivity index (χ1) is 9.51. The van der Waals surface area contributed by atoms with Crippen LogP contribution in [0.2, 0.25) is 5.02 Å². The maximum Gasteiger partial charge on any atom is 0.241 e. The summed E-state index contributed by atoms with van der Waals surface area (Å²) in [5.41, 5.74) is -0.0784. The lowest BCUT2D eigenvalue weighted by Crippen LogP contribution is -2.38. The van der Waals surface area contributed by atoms with Gasteiger partial charge in [-0.05, 0) is 31.2 Å². The molecule has 0 aliphatic carbocycles. The second-order valence-corrected chi connectivity index (χ2v) is 6.05. The number of benzene rings is 1. The zero-order chi connectivity index (χ0) is 14.1. The topological polar surface area (TPSA) is 46.6 Å². The van der Waals surface area contributed by atoms with Crippen molar-refractivity contribution in [1.29, 1.82) is 0 Å². The first-order valence-electron chi connectivity index (χ1n) is 6.52. The van der Waals surface area contributed by atoms with Gasteiger partial charge in [-0.25, -0.2) is 4.90 Å². The lowest BCUT2D eigenvalue weighted by molar-refractivity contribution is -0.126. The Bertz CT molecular complexity index is 654. The van der Waals surface area contributed by atoms with Crippen LogP contribution in [-0.4, -0.2) is 23.5 Å². The third-order valence-corrected chi connectivity index (χ3v) is 4.67. The Balaban J connectivity index is 1.77. The number of imide groups is 1. The first kappa shape index (κ1) is 12.1. The average Bonchev–Trinajstić information content (AvgIpc) is 3.01. The van der Waals surface area contributed by atoms with Gasteiger partial charge in [-0.1, -0.05) is 23.8 Å². The Morgan fingerprint density at radius 2 is 1.90 bits per heavy atom. The minimum Gasteiger partial charge on any atom is -0.362 e. The summed E-state index contributed by atoms with van der Waals surface area (Å²) in [4.78, 5) is 26.5. The maximum absolute atomic E-state index is 12.6. The fourth-order valence-corrected chi connectivity index (χ4v) is 3.62. The molecule has 0 N–H and O–H groups in total. The summed E-state index contributed by atoms with van der Waals surface area (Å²) in [6.45, 7) is 1.87. The van der Waals surface area contributed by atoms with Crippen LogP contribution in [0.15, 0.2) is 36.4 Å². The van der Waals surface area contributed by atoms with E-state index < -0.39 is 17.4 Å². The fraction of sp³-hybridized carbons (Fsp3) is 0.333. The molecule has 20 heavy (non-hydrogen) atoms. The molecule has 0 unspecified atom stereocenters. The Labute approximate surface area is 121 Å². The number of fused-ring (bicyclic) bond motifs is 5. The number of hydrogen-bond donors (Lipinski definition) is 0. The highest BCUT2D eigenvalue weighted by Gasteiger charge is 2.65. The van der Waals surface area contributed by atoms with Crippen molar-refractivity contribution in [2.24, 2.45) is 11.8 Å². The molecule has 3 aliphatic rings. The molecular weight excluding hydrogens is 278 g/mol. The molecule has 2 bridgehead atoms. The third-order valence-electron chi connectivity index (χ3n) is 4.41. The molecule has 4 nitrogen and oxygen atoms in total. The standard InChI is InChI=1S/C15H12ClNO3/c1-15-7-6-10(20-15)11-12(15)14(19)17(13(11)18)9-4-2-8(16)3-5-9/h2-7,10-12H,1H3/t10-,11+,12-,15+/m1/s1. The SMILES string of the molecule is C[C@@]12C=C[C@@H](O1)[C@@H]1C(=O)N(c3ccc(Cl)cc3)C(=O)[C@@H]12. The normalized spacial score (nSPS) is 37.9. The molecule has 3 heterocycles. The number of anilines is 1. The van der Waals surface area contributed by atoms with Gasteiger partial charge in [0.05, 0.1) is 29.2 Å². The van der Waals surface area contributed by atoms with Gasteiger partial charge in [0.15, 0.2) is 0 Å². The van der Waals surface area contributed by atoms with Gasteiger partial charge >= 0.3 is 0 Å². The molecule has 1 aromatic rings. The average molecular weight is 290 g/mol. The first-order valence-corrected chi connectivity index (χ1v) is 6.90. The molecular formula is C15H12ClNO3. The lowest BCUT2D eigenvalue weighted by Gasteiger charge is -2.24. The van der Waals surface area contributed by atoms with Gasteiger partial charge in [-0.15, -0.1) is 0 Å². The van der Waals surface area contributed by atoms with Crippen LogP contribution in [0, 0.1) is 11.8 Å². The van der Waals surface area contributed by atoms with Crippen LogP contribution in [0.3, 0.4) is 0 Å². The molecule has 4 rings (SSSR count). The van der Waals surface area contributed by atoms with E-state index in [1.165, 1.54) is 4.90 Å². The summed E-state index contributed by atoms with van der Waals surface area (Å²) in [7, 11) is 0. The minimum absolute atomic E-state index is 0.180. The number of carbonyl (C=O) groups excluding carboxylic acids is 2. The number of rotatable bonds is 1. The van der Waals surface area contributed by atoms with Crippen molar-refractivity contribution in [2.45, 2.75) is 18.6 Å². The lowest BCUT2D eigenvalue weighted by atomic mass is 9.78. The van der Waals surface area contributed by atoms with Gasteiger partial charge < -0.3 is 4.74 Å². The van der Waals surface area contributed by atoms with Crippen molar-refractivity contribution in [3.63, 3.8) is 0 Å². The zero-order valence-electron chi connectivity index (χ0n) is 10.7. The molecule has 0 saturated carbocycles. The summed E-state index contributed by atoms with van der Waals surface area (Å²) in [6.07, 6.45) is 3.51. The van der Waals surface area contributed by atoms with Gasteiger partial charge in [-0.3, -0.25) is 9.59 Å². The highest BCUT2D eigenvalue weighted by Crippen LogP contribution is 2.52. The molecule has 2 fully saturated rings. The highest BCUT2D eigenvalue weighted by atomic mass is 35.5. The van der Waals surface area contributed by atoms with Crippen molar-refractivity contribution in [1.82, 2.24) is 0 Å². The second kappa shape index (κ2) is 3.71. The Morgan fingerprint density at radius 1 is 1.20 bits per heavy atom. The van der Waals surface area contributed by atoms with E-state index in [9.17, 15) is 9.59 Å². The molecule has 102 valence electrons. The van der Waals surface area contributed by atoms with Crippen LogP contribution in [-0.2, 0) is 14.3 Å². The van der Waals surface area contributed by atoms with E-state index in [0.717, 1.165) is 0 Å². The van der Waals surface area contributed by atoms with Crippen molar-refractivity contribution in [2.75, 3.05) is 4.90 Å². The Hall–Kier alpha value is -1.65. The van der Waals surface area contributed by atoms with Gasteiger partial charge in [0, 0.05) is 5.02 Å². The van der Waals surface area contributed by atoms with Crippen LogP contribution in [0.1, 0.15) is 6.92 Å². The fourth-order valence-electron chi connectivity index (χ4n) is 3.50. The predicted octanol–water partition coefficient (Wildman–Crippen LogP) is 2.17. The number of ether oxygens (including phenoxy) is 1. The minimum atomic E-state index is -0.650. The summed E-state index contributed by atoms with van der Waals surface area (Å²) in [5, 5.41) is 0.574. The molecule has 0 radical (unpaired) electrons. The number of nitrogens with zero attached hydrogens (tertiary/aromatic N) is 1. The molecule has 0 spiro atoms. The Kier molecular flexibility index (Phi) is 2.25. The van der Waals surface area contributed by atoms with Gasteiger partial charge in [0.1, 0.15) is 0 Å². The predicted molar refractivity (Wildman–Crippen MR) is 73.3 cm³/mol. The maximum atomic E-state index is 12.6. The van der Waals surface area contributed by atoms with Gasteiger partial charge in [0.25, 0.3) is 0 Å². The Morgan fingerprint density at radius 3 is 2.55 bits per heavy atom. The summed E-state index contributed by atoms with van der Waals surface area (Å²) < 4.78 is 5.77. The monoisotopic (exact) mass is 289 g/mol. The van der Waals surface area contributed by atoms with E-state index in [2.05, 4.69) is 0 Å². The van der Waals surface area contributed by atoms with E-state index in [-0.39, 0.29) is 17.9 Å². The third kappa shape index (κ3) is 1.35. The number of carbonyl (C=O) groups is 2. The van der Waals surface area contributed by atoms with E-state index in [4.69, 9.17) is 16.3 Å². The summed E-state index contributed by atoms with van der Waals surface area (Å²) >= 11 is 5.85. The highest BCUT2D eigenvalue weighted by molar-refractivity contribution is 6.31. The van der Waals surface area contributed by atoms with Crippen molar-refractivity contribution in [3.05, 3.63) is 41.4 Å². The smallest absolute Gasteiger partial charge is 0.241 e. The van der Waals surface area contributed by atoms with Crippen LogP contribution in [0.4, 0.5) is 5.69 Å². The van der Waals surface area contributed by atoms with Crippen LogP contribution in [0.5, 0.6) is 0 Å². The van der Waals surface area contributed by atoms with Gasteiger partial charge in [-0.2, -0.15) is 0 Å². The molecule has 0 aromatic heterocycles. The van der Waals surface area contributed by atoms with E-state index >= 15 is 0 Å². The second-order valence-electron chi connectivity index (χ2n) is 5.62. The largest absolute Gasteiger partial charge is 0.362 e. The van der Waals surface area contributed by atoms with E-state index in [0.29, 0.717) is 10.7 Å². The van der Waals surface area contributed by atoms with Crippen LogP contribution >= 0.6 is 11.6 Å². The van der Waals surface area contributed by atoms with E-state index in [1.54, 1.807) is 24.3 Å². The quantitative estimate of drug-likeness (QED) is 0.588. The van der Waals surface area contributed by atoms with Crippen molar-refractivity contribution < 1.29 is 14.3 Å². The van der Waals surface area contributed by atoms with Crippen LogP contribution in [0.25, 0.3) is 0 Å². The number of amides is 2. The molecule has 4 atom stereocenters. The van der Waals surface area contributed by atoms with Gasteiger partial charge in [0.2, 0.25) is 11.8 Å². The zero-order valence-corrected chi connectivity index (χ0v) is 11.5. The molecule has 3 aliphatic heterocycles. The molecule has 5 heteroatoms.